The zero-order chi connectivity index (χ0) is 21.1. The first-order chi connectivity index (χ1) is 14.5. The van der Waals surface area contributed by atoms with Gasteiger partial charge in [0, 0.05) is 56.7 Å². The number of pyridine rings is 1. The van der Waals surface area contributed by atoms with Crippen molar-refractivity contribution >= 4 is 5.78 Å². The third-order valence-corrected chi connectivity index (χ3v) is 5.69. The molecule has 1 aliphatic heterocycles. The fourth-order valence-electron chi connectivity index (χ4n) is 4.00. The SMILES string of the molecule is Cc1cc(-c2nc(C(=O)CC3CCOCC3)cn2Cc2ccccc2)cn(C)c1=O. The lowest BCUT2D eigenvalue weighted by molar-refractivity contribution is 0.0599. The summed E-state index contributed by atoms with van der Waals surface area (Å²) in [7, 11) is 1.74. The van der Waals surface area contributed by atoms with Crippen LogP contribution in [0.15, 0.2) is 53.6 Å². The van der Waals surface area contributed by atoms with Gasteiger partial charge < -0.3 is 13.9 Å². The molecule has 3 aromatic rings. The molecule has 2 aromatic heterocycles. The van der Waals surface area contributed by atoms with E-state index in [9.17, 15) is 9.59 Å². The Morgan fingerprint density at radius 1 is 1.17 bits per heavy atom. The monoisotopic (exact) mass is 405 g/mol. The Bertz CT molecular complexity index is 1070. The van der Waals surface area contributed by atoms with Crippen molar-refractivity contribution in [2.75, 3.05) is 13.2 Å². The van der Waals surface area contributed by atoms with Crippen molar-refractivity contribution in [1.29, 1.82) is 0 Å². The van der Waals surface area contributed by atoms with Gasteiger partial charge in [-0.3, -0.25) is 9.59 Å². The number of aromatic nitrogens is 3. The molecular weight excluding hydrogens is 378 g/mol. The maximum Gasteiger partial charge on any atom is 0.253 e. The van der Waals surface area contributed by atoms with Crippen LogP contribution in [0.5, 0.6) is 0 Å². The summed E-state index contributed by atoms with van der Waals surface area (Å²) in [6, 6.07) is 11.9. The average molecular weight is 405 g/mol. The van der Waals surface area contributed by atoms with E-state index >= 15 is 0 Å². The summed E-state index contributed by atoms with van der Waals surface area (Å²) in [6.45, 7) is 3.86. The fraction of sp³-hybridized carbons (Fsp3) is 0.375. The Morgan fingerprint density at radius 2 is 1.90 bits per heavy atom. The normalized spacial score (nSPS) is 14.7. The molecule has 3 heterocycles. The predicted octanol–water partition coefficient (Wildman–Crippen LogP) is 3.60. The molecule has 1 fully saturated rings. The van der Waals surface area contributed by atoms with Gasteiger partial charge >= 0.3 is 0 Å². The van der Waals surface area contributed by atoms with Crippen LogP contribution in [0.2, 0.25) is 0 Å². The van der Waals surface area contributed by atoms with Gasteiger partial charge in [-0.2, -0.15) is 0 Å². The van der Waals surface area contributed by atoms with Gasteiger partial charge in [-0.15, -0.1) is 0 Å². The predicted molar refractivity (Wildman–Crippen MR) is 116 cm³/mol. The van der Waals surface area contributed by atoms with Crippen molar-refractivity contribution < 1.29 is 9.53 Å². The lowest BCUT2D eigenvalue weighted by atomic mass is 9.93. The number of Topliss-reactive ketones (excluding diaryl/α,β-unsaturated/α-hetero) is 1. The van der Waals surface area contributed by atoms with Crippen LogP contribution < -0.4 is 5.56 Å². The minimum absolute atomic E-state index is 0.0317. The van der Waals surface area contributed by atoms with E-state index in [1.165, 1.54) is 0 Å². The van der Waals surface area contributed by atoms with E-state index in [1.807, 2.05) is 35.0 Å². The Kier molecular flexibility index (Phi) is 5.95. The largest absolute Gasteiger partial charge is 0.381 e. The number of carbonyl (C=O) groups excluding carboxylic acids is 1. The van der Waals surface area contributed by atoms with E-state index in [0.29, 0.717) is 36.0 Å². The molecule has 1 saturated heterocycles. The van der Waals surface area contributed by atoms with Crippen LogP contribution in [-0.2, 0) is 18.3 Å². The Balaban J connectivity index is 1.69. The van der Waals surface area contributed by atoms with Crippen molar-refractivity contribution in [3.8, 4) is 11.4 Å². The maximum atomic E-state index is 13.0. The minimum Gasteiger partial charge on any atom is -0.381 e. The molecule has 1 aliphatic rings. The van der Waals surface area contributed by atoms with Crippen LogP contribution in [0, 0.1) is 12.8 Å². The second kappa shape index (κ2) is 8.79. The quantitative estimate of drug-likeness (QED) is 0.588. The lowest BCUT2D eigenvalue weighted by Gasteiger charge is -2.20. The molecule has 6 nitrogen and oxygen atoms in total. The Labute approximate surface area is 176 Å². The fourth-order valence-corrected chi connectivity index (χ4v) is 4.00. The molecule has 0 bridgehead atoms. The van der Waals surface area contributed by atoms with Crippen LogP contribution in [0.3, 0.4) is 0 Å². The van der Waals surface area contributed by atoms with Gasteiger partial charge in [0.15, 0.2) is 5.78 Å². The highest BCUT2D eigenvalue weighted by Gasteiger charge is 2.22. The number of rotatable bonds is 6. The topological polar surface area (TPSA) is 66.1 Å². The van der Waals surface area contributed by atoms with Crippen molar-refractivity contribution in [1.82, 2.24) is 14.1 Å². The minimum atomic E-state index is -0.0317. The molecule has 4 rings (SSSR count). The Morgan fingerprint density at radius 3 is 2.60 bits per heavy atom. The zero-order valence-electron chi connectivity index (χ0n) is 17.5. The molecule has 30 heavy (non-hydrogen) atoms. The van der Waals surface area contributed by atoms with Gasteiger partial charge in [0.25, 0.3) is 5.56 Å². The summed E-state index contributed by atoms with van der Waals surface area (Å²) in [5.41, 5.74) is 3.06. The molecule has 1 aromatic carbocycles. The van der Waals surface area contributed by atoms with Gasteiger partial charge in [0.1, 0.15) is 11.5 Å². The zero-order valence-corrected chi connectivity index (χ0v) is 17.5. The van der Waals surface area contributed by atoms with Gasteiger partial charge in [-0.1, -0.05) is 30.3 Å². The third-order valence-electron chi connectivity index (χ3n) is 5.69. The highest BCUT2D eigenvalue weighted by molar-refractivity contribution is 5.94. The van der Waals surface area contributed by atoms with E-state index in [2.05, 4.69) is 12.1 Å². The van der Waals surface area contributed by atoms with Crippen LogP contribution in [0.1, 0.15) is 40.9 Å². The summed E-state index contributed by atoms with van der Waals surface area (Å²) in [6.07, 6.45) is 5.97. The Hall–Kier alpha value is -2.99. The maximum absolute atomic E-state index is 13.0. The summed E-state index contributed by atoms with van der Waals surface area (Å²) < 4.78 is 8.98. The molecule has 0 saturated carbocycles. The summed E-state index contributed by atoms with van der Waals surface area (Å²) in [4.78, 5) is 29.8. The van der Waals surface area contributed by atoms with E-state index in [1.54, 1.807) is 24.7 Å². The van der Waals surface area contributed by atoms with Gasteiger partial charge in [0.2, 0.25) is 0 Å². The van der Waals surface area contributed by atoms with Gasteiger partial charge in [-0.25, -0.2) is 4.98 Å². The molecule has 0 N–H and O–H groups in total. The number of benzene rings is 1. The van der Waals surface area contributed by atoms with Crippen molar-refractivity contribution in [3.63, 3.8) is 0 Å². The number of carbonyl (C=O) groups is 1. The third kappa shape index (κ3) is 4.44. The van der Waals surface area contributed by atoms with E-state index in [0.717, 1.165) is 37.2 Å². The van der Waals surface area contributed by atoms with E-state index in [4.69, 9.17) is 9.72 Å². The highest BCUT2D eigenvalue weighted by Crippen LogP contribution is 2.24. The second-order valence-corrected chi connectivity index (χ2v) is 8.07. The number of ketones is 1. The van der Waals surface area contributed by atoms with Crippen molar-refractivity contribution in [3.05, 3.63) is 76.0 Å². The number of hydrogen-bond donors (Lipinski definition) is 0. The highest BCUT2D eigenvalue weighted by atomic mass is 16.5. The standard InChI is InChI=1S/C24H27N3O3/c1-17-12-20(15-26(2)24(17)29)23-25-21(22(28)13-18-8-10-30-11-9-18)16-27(23)14-19-6-4-3-5-7-19/h3-7,12,15-16,18H,8-11,13-14H2,1-2H3. The van der Waals surface area contributed by atoms with Crippen LogP contribution in [-0.4, -0.2) is 33.1 Å². The first kappa shape index (κ1) is 20.3. The average Bonchev–Trinajstić information content (AvgIpc) is 3.17. The van der Waals surface area contributed by atoms with Gasteiger partial charge in [-0.05, 0) is 37.3 Å². The molecule has 0 amide bonds. The smallest absolute Gasteiger partial charge is 0.253 e. The van der Waals surface area contributed by atoms with E-state index in [-0.39, 0.29) is 11.3 Å². The summed E-state index contributed by atoms with van der Waals surface area (Å²) in [5.74, 6) is 1.12. The van der Waals surface area contributed by atoms with Gasteiger partial charge in [0.05, 0.1) is 0 Å². The molecule has 0 aliphatic carbocycles. The number of ether oxygens (including phenoxy) is 1. The molecule has 0 unspecified atom stereocenters. The number of nitrogens with zero attached hydrogens (tertiary/aromatic N) is 3. The number of imidazole rings is 1. The van der Waals surface area contributed by atoms with Crippen molar-refractivity contribution in [2.45, 2.75) is 32.7 Å². The first-order valence-corrected chi connectivity index (χ1v) is 10.4. The number of aryl methyl sites for hydroxylation is 2. The molecule has 6 heteroatoms. The lowest BCUT2D eigenvalue weighted by Crippen LogP contribution is -2.19. The molecule has 0 radical (unpaired) electrons. The van der Waals surface area contributed by atoms with E-state index < -0.39 is 0 Å². The molecule has 156 valence electrons. The summed E-state index contributed by atoms with van der Waals surface area (Å²) >= 11 is 0. The second-order valence-electron chi connectivity index (χ2n) is 8.07. The first-order valence-electron chi connectivity index (χ1n) is 10.4. The van der Waals surface area contributed by atoms with Crippen LogP contribution in [0.4, 0.5) is 0 Å². The molecule has 0 spiro atoms. The summed E-state index contributed by atoms with van der Waals surface area (Å²) in [5, 5.41) is 0. The molecule has 0 atom stereocenters. The van der Waals surface area contributed by atoms with Crippen molar-refractivity contribution in [2.24, 2.45) is 13.0 Å². The van der Waals surface area contributed by atoms with Crippen LogP contribution >= 0.6 is 0 Å². The molecular formula is C24H27N3O3. The number of hydrogen-bond acceptors (Lipinski definition) is 4. The van der Waals surface area contributed by atoms with Crippen LogP contribution in [0.25, 0.3) is 11.4 Å².